The average Bonchev–Trinajstić information content (AvgIpc) is 2.72. The van der Waals surface area contributed by atoms with Crippen LogP contribution in [0.5, 0.6) is 5.75 Å². The number of aliphatic hydroxyl groups excluding tert-OH is 1. The molecule has 150 valence electrons. The second-order valence-corrected chi connectivity index (χ2v) is 7.18. The van der Waals surface area contributed by atoms with E-state index in [2.05, 4.69) is 20.6 Å². The zero-order chi connectivity index (χ0) is 19.9. The summed E-state index contributed by atoms with van der Waals surface area (Å²) < 4.78 is 10.3. The molecule has 0 bridgehead atoms. The molecule has 1 N–H and O–H groups in total. The summed E-state index contributed by atoms with van der Waals surface area (Å²) in [4.78, 5) is 16.0. The van der Waals surface area contributed by atoms with Crippen LogP contribution in [0.2, 0.25) is 5.02 Å². The topological polar surface area (TPSA) is 62.2 Å². The van der Waals surface area contributed by atoms with Crippen molar-refractivity contribution in [2.75, 3.05) is 51.3 Å². The third kappa shape index (κ3) is 5.61. The van der Waals surface area contributed by atoms with E-state index in [1.54, 1.807) is 24.3 Å². The van der Waals surface area contributed by atoms with E-state index in [0.717, 1.165) is 36.9 Å². The van der Waals surface area contributed by atoms with Gasteiger partial charge >= 0.3 is 5.97 Å². The van der Waals surface area contributed by atoms with Crippen LogP contribution in [0.4, 0.5) is 5.69 Å². The second kappa shape index (κ2) is 9.78. The first-order valence-corrected chi connectivity index (χ1v) is 9.65. The van der Waals surface area contributed by atoms with Crippen molar-refractivity contribution < 1.29 is 19.4 Å². The van der Waals surface area contributed by atoms with Gasteiger partial charge in [0.2, 0.25) is 0 Å². The molecule has 28 heavy (non-hydrogen) atoms. The van der Waals surface area contributed by atoms with Gasteiger partial charge in [0.25, 0.3) is 0 Å². The van der Waals surface area contributed by atoms with Crippen molar-refractivity contribution in [1.29, 1.82) is 0 Å². The molecule has 2 aromatic rings. The standard InChI is InChI=1S/C21H25ClN2O4/c1-27-21(26)16-5-7-20(8-6-16)28-15-19(25)14-23-9-11-24(12-10-23)18-4-2-3-17(22)13-18/h2-8,13,19,25H,9-12,14-15H2,1H3/t19-/m1/s1. The maximum absolute atomic E-state index is 11.4. The third-order valence-electron chi connectivity index (χ3n) is 4.73. The summed E-state index contributed by atoms with van der Waals surface area (Å²) in [6, 6.07) is 14.6. The lowest BCUT2D eigenvalue weighted by Crippen LogP contribution is -2.49. The van der Waals surface area contributed by atoms with Gasteiger partial charge in [-0.25, -0.2) is 4.79 Å². The van der Waals surface area contributed by atoms with Gasteiger partial charge < -0.3 is 19.5 Å². The predicted molar refractivity (Wildman–Crippen MR) is 109 cm³/mol. The minimum absolute atomic E-state index is 0.200. The number of benzene rings is 2. The SMILES string of the molecule is COC(=O)c1ccc(OC[C@H](O)CN2CCN(c3cccc(Cl)c3)CC2)cc1. The number of esters is 1. The number of hydrogen-bond acceptors (Lipinski definition) is 6. The van der Waals surface area contributed by atoms with Crippen LogP contribution in [-0.2, 0) is 4.74 Å². The van der Waals surface area contributed by atoms with E-state index in [0.29, 0.717) is 17.9 Å². The molecule has 0 unspecified atom stereocenters. The van der Waals surface area contributed by atoms with E-state index in [1.807, 2.05) is 18.2 Å². The van der Waals surface area contributed by atoms with Crippen molar-refractivity contribution in [1.82, 2.24) is 4.90 Å². The number of carbonyl (C=O) groups excluding carboxylic acids is 1. The molecule has 0 radical (unpaired) electrons. The number of carbonyl (C=O) groups is 1. The molecule has 0 amide bonds. The lowest BCUT2D eigenvalue weighted by molar-refractivity contribution is 0.0599. The van der Waals surface area contributed by atoms with Crippen molar-refractivity contribution in [2.45, 2.75) is 6.10 Å². The van der Waals surface area contributed by atoms with Gasteiger partial charge in [-0.3, -0.25) is 4.90 Å². The maximum atomic E-state index is 11.4. The highest BCUT2D eigenvalue weighted by Crippen LogP contribution is 2.21. The number of rotatable bonds is 7. The monoisotopic (exact) mass is 404 g/mol. The molecule has 0 saturated carbocycles. The number of hydrogen-bond donors (Lipinski definition) is 1. The average molecular weight is 405 g/mol. The van der Waals surface area contributed by atoms with Crippen LogP contribution in [0.1, 0.15) is 10.4 Å². The fraction of sp³-hybridized carbons (Fsp3) is 0.381. The van der Waals surface area contributed by atoms with Gasteiger partial charge in [0, 0.05) is 43.4 Å². The van der Waals surface area contributed by atoms with Gasteiger partial charge in [0.1, 0.15) is 18.5 Å². The predicted octanol–water partition coefficient (Wildman–Crippen LogP) is 2.69. The van der Waals surface area contributed by atoms with Crippen LogP contribution in [0.25, 0.3) is 0 Å². The Balaban J connectivity index is 1.41. The highest BCUT2D eigenvalue weighted by Gasteiger charge is 2.20. The van der Waals surface area contributed by atoms with E-state index in [1.165, 1.54) is 7.11 Å². The fourth-order valence-electron chi connectivity index (χ4n) is 3.21. The molecule has 2 aromatic carbocycles. The molecule has 0 spiro atoms. The summed E-state index contributed by atoms with van der Waals surface area (Å²) in [6.07, 6.45) is -0.585. The Bertz CT molecular complexity index is 776. The molecule has 1 fully saturated rings. The highest BCUT2D eigenvalue weighted by molar-refractivity contribution is 6.30. The van der Waals surface area contributed by atoms with Crippen molar-refractivity contribution in [3.63, 3.8) is 0 Å². The molecule has 1 aliphatic rings. The maximum Gasteiger partial charge on any atom is 0.337 e. The largest absolute Gasteiger partial charge is 0.491 e. The van der Waals surface area contributed by atoms with Gasteiger partial charge in [0.05, 0.1) is 12.7 Å². The van der Waals surface area contributed by atoms with Crippen LogP contribution in [0.3, 0.4) is 0 Å². The minimum atomic E-state index is -0.585. The second-order valence-electron chi connectivity index (χ2n) is 6.75. The number of anilines is 1. The first kappa shape index (κ1) is 20.5. The molecular weight excluding hydrogens is 380 g/mol. The summed E-state index contributed by atoms with van der Waals surface area (Å²) in [5.41, 5.74) is 1.60. The number of halogens is 1. The molecule has 3 rings (SSSR count). The molecule has 1 heterocycles. The zero-order valence-electron chi connectivity index (χ0n) is 15.9. The number of nitrogens with zero attached hydrogens (tertiary/aromatic N) is 2. The molecule has 0 aromatic heterocycles. The summed E-state index contributed by atoms with van der Waals surface area (Å²) >= 11 is 6.07. The van der Waals surface area contributed by atoms with E-state index < -0.39 is 6.10 Å². The zero-order valence-corrected chi connectivity index (χ0v) is 16.6. The fourth-order valence-corrected chi connectivity index (χ4v) is 3.39. The quantitative estimate of drug-likeness (QED) is 0.716. The van der Waals surface area contributed by atoms with Crippen LogP contribution < -0.4 is 9.64 Å². The van der Waals surface area contributed by atoms with E-state index >= 15 is 0 Å². The Kier molecular flexibility index (Phi) is 7.14. The highest BCUT2D eigenvalue weighted by atomic mass is 35.5. The summed E-state index contributed by atoms with van der Waals surface area (Å²) in [6.45, 7) is 4.29. The first-order valence-electron chi connectivity index (χ1n) is 9.27. The van der Waals surface area contributed by atoms with Crippen molar-refractivity contribution in [3.8, 4) is 5.75 Å². The minimum Gasteiger partial charge on any atom is -0.491 e. The van der Waals surface area contributed by atoms with Gasteiger partial charge in [-0.2, -0.15) is 0 Å². The van der Waals surface area contributed by atoms with Crippen molar-refractivity contribution in [3.05, 3.63) is 59.1 Å². The van der Waals surface area contributed by atoms with Gasteiger partial charge in [0.15, 0.2) is 0 Å². The van der Waals surface area contributed by atoms with Crippen LogP contribution in [-0.4, -0.2) is 68.5 Å². The Labute approximate surface area is 170 Å². The van der Waals surface area contributed by atoms with Gasteiger partial charge in [-0.1, -0.05) is 17.7 Å². The van der Waals surface area contributed by atoms with Crippen molar-refractivity contribution in [2.24, 2.45) is 0 Å². The van der Waals surface area contributed by atoms with Gasteiger partial charge in [-0.15, -0.1) is 0 Å². The number of β-amino-alcohol motifs (C(OH)–C–C–N with tert-alkyl or cyclic N) is 1. The first-order chi connectivity index (χ1) is 13.5. The van der Waals surface area contributed by atoms with Crippen LogP contribution >= 0.6 is 11.6 Å². The third-order valence-corrected chi connectivity index (χ3v) is 4.97. The van der Waals surface area contributed by atoms with Crippen LogP contribution in [0.15, 0.2) is 48.5 Å². The molecule has 7 heteroatoms. The lowest BCUT2D eigenvalue weighted by Gasteiger charge is -2.36. The summed E-state index contributed by atoms with van der Waals surface area (Å²) in [5, 5.41) is 11.0. The van der Waals surface area contributed by atoms with Crippen LogP contribution in [0, 0.1) is 0 Å². The van der Waals surface area contributed by atoms with Gasteiger partial charge in [-0.05, 0) is 42.5 Å². The van der Waals surface area contributed by atoms with E-state index in [-0.39, 0.29) is 12.6 Å². The molecule has 0 aliphatic carbocycles. The van der Waals surface area contributed by atoms with Crippen molar-refractivity contribution >= 4 is 23.3 Å². The lowest BCUT2D eigenvalue weighted by atomic mass is 10.2. The molecular formula is C21H25ClN2O4. The number of ether oxygens (including phenoxy) is 2. The van der Waals surface area contributed by atoms with E-state index in [9.17, 15) is 9.90 Å². The Hall–Kier alpha value is -2.28. The Morgan fingerprint density at radius 3 is 2.50 bits per heavy atom. The molecule has 6 nitrogen and oxygen atoms in total. The summed E-state index contributed by atoms with van der Waals surface area (Å²) in [5.74, 6) is 0.223. The number of piperazine rings is 1. The Morgan fingerprint density at radius 2 is 1.86 bits per heavy atom. The van der Waals surface area contributed by atoms with E-state index in [4.69, 9.17) is 16.3 Å². The molecule has 1 saturated heterocycles. The number of methoxy groups -OCH3 is 1. The smallest absolute Gasteiger partial charge is 0.337 e. The number of aliphatic hydroxyl groups is 1. The molecule has 1 aliphatic heterocycles. The normalized spacial score (nSPS) is 15.9. The Morgan fingerprint density at radius 1 is 1.14 bits per heavy atom. The molecule has 1 atom stereocenters. The summed E-state index contributed by atoms with van der Waals surface area (Å²) in [7, 11) is 1.35.